The molecule has 0 radical (unpaired) electrons. The van der Waals surface area contributed by atoms with Gasteiger partial charge in [0, 0.05) is 24.7 Å². The molecule has 1 aliphatic heterocycles. The quantitative estimate of drug-likeness (QED) is 0.583. The fourth-order valence-corrected chi connectivity index (χ4v) is 1.14. The summed E-state index contributed by atoms with van der Waals surface area (Å²) in [4.78, 5) is 8.13. The van der Waals surface area contributed by atoms with E-state index in [1.807, 2.05) is 18.5 Å². The zero-order valence-corrected chi connectivity index (χ0v) is 6.12. The van der Waals surface area contributed by atoms with E-state index >= 15 is 0 Å². The van der Waals surface area contributed by atoms with Gasteiger partial charge in [-0.15, -0.1) is 0 Å². The summed E-state index contributed by atoms with van der Waals surface area (Å²) in [6.07, 6.45) is 8.35. The van der Waals surface area contributed by atoms with Crippen molar-refractivity contribution in [3.05, 3.63) is 30.0 Å². The molecule has 0 saturated carbocycles. The molecule has 2 rings (SSSR count). The van der Waals surface area contributed by atoms with Gasteiger partial charge in [0.2, 0.25) is 0 Å². The van der Waals surface area contributed by atoms with E-state index in [-0.39, 0.29) is 0 Å². The average molecular weight is 147 g/mol. The van der Waals surface area contributed by atoms with Gasteiger partial charge in [-0.1, -0.05) is 0 Å². The first kappa shape index (κ1) is 6.34. The smallest absolute Gasteiger partial charge is 0.115 e. The number of fused-ring (bicyclic) bond motifs is 1. The summed E-state index contributed by atoms with van der Waals surface area (Å²) in [5.41, 5.74) is 2.25. The number of nitrogens with zero attached hydrogens (tertiary/aromatic N) is 2. The van der Waals surface area contributed by atoms with Crippen molar-refractivity contribution in [2.24, 2.45) is 0 Å². The molecule has 0 aliphatic carbocycles. The van der Waals surface area contributed by atoms with Crippen LogP contribution in [-0.2, 0) is 6.42 Å². The van der Waals surface area contributed by atoms with Crippen LogP contribution in [-0.4, -0.2) is 16.5 Å². The third kappa shape index (κ3) is 1.22. The lowest BCUT2D eigenvalue weighted by atomic mass is 10.2. The number of aromatic nitrogens is 2. The van der Waals surface area contributed by atoms with Crippen molar-refractivity contribution in [1.82, 2.24) is 15.3 Å². The summed E-state index contributed by atoms with van der Waals surface area (Å²) in [6, 6.07) is 0. The van der Waals surface area contributed by atoms with E-state index < -0.39 is 0 Å². The Bertz CT molecular complexity index is 280. The van der Waals surface area contributed by atoms with Gasteiger partial charge < -0.3 is 5.32 Å². The van der Waals surface area contributed by atoms with Gasteiger partial charge in [-0.3, -0.25) is 0 Å². The maximum Gasteiger partial charge on any atom is 0.115 e. The van der Waals surface area contributed by atoms with Crippen molar-refractivity contribution >= 4 is 6.08 Å². The fraction of sp³-hybridized carbons (Fsp3) is 0.250. The molecule has 1 aliphatic rings. The molecular weight excluding hydrogens is 138 g/mol. The first-order chi connectivity index (χ1) is 5.47. The highest BCUT2D eigenvalue weighted by atomic mass is 14.9. The summed E-state index contributed by atoms with van der Waals surface area (Å²) in [5.74, 6) is 0. The van der Waals surface area contributed by atoms with Crippen LogP contribution in [0.3, 0.4) is 0 Å². The molecule has 0 unspecified atom stereocenters. The lowest BCUT2D eigenvalue weighted by molar-refractivity contribution is 0.818. The first-order valence-corrected chi connectivity index (χ1v) is 3.65. The number of hydrogen-bond acceptors (Lipinski definition) is 3. The molecule has 0 spiro atoms. The fourth-order valence-electron chi connectivity index (χ4n) is 1.14. The Morgan fingerprint density at radius 1 is 1.45 bits per heavy atom. The second-order valence-corrected chi connectivity index (χ2v) is 2.46. The molecule has 56 valence electrons. The first-order valence-electron chi connectivity index (χ1n) is 3.65. The van der Waals surface area contributed by atoms with Gasteiger partial charge in [0.15, 0.2) is 0 Å². The van der Waals surface area contributed by atoms with Gasteiger partial charge in [0.05, 0.1) is 5.69 Å². The minimum atomic E-state index is 0.959. The molecule has 0 fully saturated rings. The normalized spacial score (nSPS) is 14.9. The molecule has 0 atom stereocenters. The Labute approximate surface area is 65.2 Å². The van der Waals surface area contributed by atoms with Crippen LogP contribution in [0.15, 0.2) is 18.7 Å². The molecule has 1 aromatic heterocycles. The minimum Gasteiger partial charge on any atom is -0.390 e. The Hall–Kier alpha value is -1.38. The van der Waals surface area contributed by atoms with Crippen LogP contribution >= 0.6 is 0 Å². The number of rotatable bonds is 0. The van der Waals surface area contributed by atoms with E-state index in [4.69, 9.17) is 0 Å². The molecule has 1 N–H and O–H groups in total. The van der Waals surface area contributed by atoms with Crippen molar-refractivity contribution < 1.29 is 0 Å². The second-order valence-electron chi connectivity index (χ2n) is 2.46. The van der Waals surface area contributed by atoms with Crippen LogP contribution in [0.2, 0.25) is 0 Å². The molecule has 0 bridgehead atoms. The average Bonchev–Trinajstić information content (AvgIpc) is 2.28. The standard InChI is InChI=1S/C8H9N3/c1-3-9-4-2-8-7(1)5-10-6-11-8/h1,3,5-6,9H,2,4H2. The van der Waals surface area contributed by atoms with E-state index in [1.54, 1.807) is 6.33 Å². The van der Waals surface area contributed by atoms with Crippen LogP contribution in [0, 0.1) is 0 Å². The van der Waals surface area contributed by atoms with Gasteiger partial charge >= 0.3 is 0 Å². The predicted octanol–water partition coefficient (Wildman–Crippen LogP) is 0.593. The molecule has 2 heterocycles. The van der Waals surface area contributed by atoms with E-state index in [0.29, 0.717) is 0 Å². The molecule has 0 saturated heterocycles. The van der Waals surface area contributed by atoms with Crippen molar-refractivity contribution in [1.29, 1.82) is 0 Å². The Morgan fingerprint density at radius 3 is 3.45 bits per heavy atom. The van der Waals surface area contributed by atoms with Crippen LogP contribution < -0.4 is 5.32 Å². The van der Waals surface area contributed by atoms with Gasteiger partial charge in [-0.2, -0.15) is 0 Å². The molecule has 0 amide bonds. The molecule has 1 aromatic rings. The summed E-state index contributed by atoms with van der Waals surface area (Å²) in [6.45, 7) is 0.959. The van der Waals surface area contributed by atoms with Crippen molar-refractivity contribution in [3.8, 4) is 0 Å². The van der Waals surface area contributed by atoms with Crippen molar-refractivity contribution in [3.63, 3.8) is 0 Å². The van der Waals surface area contributed by atoms with Crippen LogP contribution in [0.1, 0.15) is 11.3 Å². The SMILES string of the molecule is C1=Cc2cncnc2CCN1. The van der Waals surface area contributed by atoms with Crippen LogP contribution in [0.5, 0.6) is 0 Å². The van der Waals surface area contributed by atoms with E-state index in [0.717, 1.165) is 24.2 Å². The highest BCUT2D eigenvalue weighted by Crippen LogP contribution is 2.07. The lowest BCUT2D eigenvalue weighted by Crippen LogP contribution is -2.08. The summed E-state index contributed by atoms with van der Waals surface area (Å²) < 4.78 is 0. The topological polar surface area (TPSA) is 37.8 Å². The Kier molecular flexibility index (Phi) is 1.55. The Balaban J connectivity index is 2.45. The summed E-state index contributed by atoms with van der Waals surface area (Å²) in [7, 11) is 0. The molecule has 3 heteroatoms. The predicted molar refractivity (Wildman–Crippen MR) is 42.8 cm³/mol. The molecule has 3 nitrogen and oxygen atoms in total. The second kappa shape index (κ2) is 2.70. The highest BCUT2D eigenvalue weighted by molar-refractivity contribution is 5.50. The molecule has 11 heavy (non-hydrogen) atoms. The van der Waals surface area contributed by atoms with E-state index in [1.165, 1.54) is 0 Å². The third-order valence-electron chi connectivity index (χ3n) is 1.71. The molecular formula is C8H9N3. The van der Waals surface area contributed by atoms with Gasteiger partial charge in [-0.05, 0) is 12.3 Å². The number of nitrogens with one attached hydrogen (secondary N) is 1. The third-order valence-corrected chi connectivity index (χ3v) is 1.71. The van der Waals surface area contributed by atoms with Crippen molar-refractivity contribution in [2.45, 2.75) is 6.42 Å². The zero-order chi connectivity index (χ0) is 7.52. The van der Waals surface area contributed by atoms with Gasteiger partial charge in [-0.25, -0.2) is 9.97 Å². The van der Waals surface area contributed by atoms with Crippen LogP contribution in [0.4, 0.5) is 0 Å². The van der Waals surface area contributed by atoms with Crippen molar-refractivity contribution in [2.75, 3.05) is 6.54 Å². The zero-order valence-electron chi connectivity index (χ0n) is 6.12. The van der Waals surface area contributed by atoms with Gasteiger partial charge in [0.1, 0.15) is 6.33 Å². The van der Waals surface area contributed by atoms with Gasteiger partial charge in [0.25, 0.3) is 0 Å². The summed E-state index contributed by atoms with van der Waals surface area (Å²) in [5, 5.41) is 3.15. The molecule has 0 aromatic carbocycles. The maximum absolute atomic E-state index is 4.18. The largest absolute Gasteiger partial charge is 0.390 e. The lowest BCUT2D eigenvalue weighted by Gasteiger charge is -1.98. The summed E-state index contributed by atoms with van der Waals surface area (Å²) >= 11 is 0. The minimum absolute atomic E-state index is 0.959. The maximum atomic E-state index is 4.18. The monoisotopic (exact) mass is 147 g/mol. The van der Waals surface area contributed by atoms with E-state index in [2.05, 4.69) is 15.3 Å². The van der Waals surface area contributed by atoms with E-state index in [9.17, 15) is 0 Å². The van der Waals surface area contributed by atoms with Crippen LogP contribution in [0.25, 0.3) is 6.08 Å². The number of hydrogen-bond donors (Lipinski definition) is 1. The Morgan fingerprint density at radius 2 is 2.45 bits per heavy atom. The highest BCUT2D eigenvalue weighted by Gasteiger charge is 2.02.